The molecule has 34 heavy (non-hydrogen) atoms. The number of anilines is 2. The highest BCUT2D eigenvalue weighted by atomic mass is 32.1. The molecule has 0 aliphatic carbocycles. The molecule has 1 unspecified atom stereocenters. The van der Waals surface area contributed by atoms with Gasteiger partial charge in [0.15, 0.2) is 17.3 Å². The predicted octanol–water partition coefficient (Wildman–Crippen LogP) is 5.68. The molecule has 1 atom stereocenters. The third-order valence-electron chi connectivity index (χ3n) is 5.74. The van der Waals surface area contributed by atoms with E-state index in [1.807, 2.05) is 48.5 Å². The minimum atomic E-state index is -0.953. The number of aliphatic carboxylic acids is 1. The van der Waals surface area contributed by atoms with Crippen molar-refractivity contribution in [2.24, 2.45) is 4.99 Å². The first-order valence-corrected chi connectivity index (χ1v) is 11.7. The Morgan fingerprint density at radius 2 is 1.97 bits per heavy atom. The Morgan fingerprint density at radius 1 is 1.15 bits per heavy atom. The number of carboxylic acid groups (broad SMARTS) is 1. The molecular formula is C26H23N3O4S. The van der Waals surface area contributed by atoms with E-state index in [0.29, 0.717) is 13.2 Å². The zero-order valence-electron chi connectivity index (χ0n) is 18.7. The van der Waals surface area contributed by atoms with Crippen LogP contribution in [0.15, 0.2) is 59.6 Å². The minimum absolute atomic E-state index is 0.551. The van der Waals surface area contributed by atoms with E-state index in [4.69, 9.17) is 14.6 Å². The lowest BCUT2D eigenvalue weighted by Gasteiger charge is -2.19. The van der Waals surface area contributed by atoms with Crippen molar-refractivity contribution in [2.45, 2.75) is 19.9 Å². The van der Waals surface area contributed by atoms with Gasteiger partial charge in [-0.25, -0.2) is 4.79 Å². The number of benzene rings is 3. The lowest BCUT2D eigenvalue weighted by molar-refractivity contribution is -0.137. The summed E-state index contributed by atoms with van der Waals surface area (Å²) in [6.45, 7) is 4.75. The van der Waals surface area contributed by atoms with Crippen LogP contribution in [0.25, 0.3) is 21.2 Å². The fraction of sp³-hybridized carbons (Fsp3) is 0.192. The van der Waals surface area contributed by atoms with Crippen molar-refractivity contribution >= 4 is 45.3 Å². The average Bonchev–Trinajstić information content (AvgIpc) is 3.25. The molecule has 3 aromatic carbocycles. The zero-order valence-corrected chi connectivity index (χ0v) is 19.6. The molecule has 172 valence electrons. The maximum atomic E-state index is 11.0. The second-order valence-electron chi connectivity index (χ2n) is 8.04. The summed E-state index contributed by atoms with van der Waals surface area (Å²) >= 11 is 1.41. The van der Waals surface area contributed by atoms with E-state index in [9.17, 15) is 4.79 Å². The van der Waals surface area contributed by atoms with Crippen molar-refractivity contribution in [1.82, 2.24) is 4.37 Å². The number of aliphatic imine (C=N–C) groups is 1. The van der Waals surface area contributed by atoms with Crippen molar-refractivity contribution in [3.05, 3.63) is 65.7 Å². The molecule has 0 bridgehead atoms. The normalized spacial score (nSPS) is 13.8. The average molecular weight is 474 g/mol. The molecule has 1 aliphatic heterocycles. The molecule has 5 rings (SSSR count). The topological polar surface area (TPSA) is 93.0 Å². The third-order valence-corrected chi connectivity index (χ3v) is 6.57. The van der Waals surface area contributed by atoms with E-state index in [1.54, 1.807) is 13.1 Å². The van der Waals surface area contributed by atoms with E-state index in [0.717, 1.165) is 55.3 Å². The molecule has 8 heteroatoms. The Kier molecular flexibility index (Phi) is 5.90. The standard InChI is InChI=1S/C26H23N3O4S/c1-15-19(18-7-8-22-23(13-18)33-11-10-32-22)4-3-5-21(15)28-25-20-12-17(6-9-24(20)34-29-25)14-27-16(2)26(30)31/h3-9,12-14,16H,10-11H2,1-2H3,(H,28,29)(H,30,31). The van der Waals surface area contributed by atoms with Crippen molar-refractivity contribution in [3.63, 3.8) is 0 Å². The van der Waals surface area contributed by atoms with E-state index < -0.39 is 12.0 Å². The van der Waals surface area contributed by atoms with Crippen molar-refractivity contribution in [1.29, 1.82) is 0 Å². The van der Waals surface area contributed by atoms with Crippen LogP contribution >= 0.6 is 11.5 Å². The molecule has 2 N–H and O–H groups in total. The predicted molar refractivity (Wildman–Crippen MR) is 135 cm³/mol. The van der Waals surface area contributed by atoms with E-state index in [-0.39, 0.29) is 0 Å². The Labute approximate surface area is 200 Å². The molecule has 0 amide bonds. The van der Waals surface area contributed by atoms with Crippen LogP contribution in [0.5, 0.6) is 11.5 Å². The number of carbonyl (C=O) groups is 1. The van der Waals surface area contributed by atoms with Gasteiger partial charge in [0.2, 0.25) is 0 Å². The van der Waals surface area contributed by atoms with Gasteiger partial charge in [-0.3, -0.25) is 4.99 Å². The van der Waals surface area contributed by atoms with Gasteiger partial charge in [-0.15, -0.1) is 0 Å². The van der Waals surface area contributed by atoms with Crippen LogP contribution in [-0.2, 0) is 4.79 Å². The van der Waals surface area contributed by atoms with Gasteiger partial charge in [-0.05, 0) is 78.0 Å². The number of hydrogen-bond acceptors (Lipinski definition) is 7. The van der Waals surface area contributed by atoms with Crippen molar-refractivity contribution in [3.8, 4) is 22.6 Å². The molecule has 0 saturated carbocycles. The highest BCUT2D eigenvalue weighted by molar-refractivity contribution is 7.13. The molecular weight excluding hydrogens is 450 g/mol. The number of aromatic nitrogens is 1. The lowest BCUT2D eigenvalue weighted by atomic mass is 9.98. The van der Waals surface area contributed by atoms with Crippen molar-refractivity contribution < 1.29 is 19.4 Å². The van der Waals surface area contributed by atoms with Gasteiger partial charge in [0.25, 0.3) is 0 Å². The monoisotopic (exact) mass is 473 g/mol. The van der Waals surface area contributed by atoms with Crippen LogP contribution in [0.2, 0.25) is 0 Å². The molecule has 0 radical (unpaired) electrons. The fourth-order valence-corrected chi connectivity index (χ4v) is 4.53. The zero-order chi connectivity index (χ0) is 23.7. The summed E-state index contributed by atoms with van der Waals surface area (Å²) in [7, 11) is 0. The SMILES string of the molecule is Cc1c(Nc2nsc3ccc(C=NC(C)C(=O)O)cc23)cccc1-c1ccc2c(c1)OCCO2. The first-order chi connectivity index (χ1) is 16.5. The first kappa shape index (κ1) is 21.9. The van der Waals surface area contributed by atoms with Gasteiger partial charge < -0.3 is 19.9 Å². The maximum Gasteiger partial charge on any atom is 0.328 e. The molecule has 0 saturated heterocycles. The number of rotatable bonds is 6. The number of nitrogens with zero attached hydrogens (tertiary/aromatic N) is 2. The van der Waals surface area contributed by atoms with Gasteiger partial charge in [0.05, 0.1) is 4.70 Å². The molecule has 4 aromatic rings. The van der Waals surface area contributed by atoms with Gasteiger partial charge in [0.1, 0.15) is 19.3 Å². The van der Waals surface area contributed by atoms with Gasteiger partial charge >= 0.3 is 5.97 Å². The van der Waals surface area contributed by atoms with Crippen molar-refractivity contribution in [2.75, 3.05) is 18.5 Å². The fourth-order valence-electron chi connectivity index (χ4n) is 3.81. The van der Waals surface area contributed by atoms with Crippen LogP contribution in [-0.4, -0.2) is 40.9 Å². The molecule has 0 spiro atoms. The molecule has 0 fully saturated rings. The largest absolute Gasteiger partial charge is 0.486 e. The summed E-state index contributed by atoms with van der Waals surface area (Å²) in [5, 5.41) is 13.5. The molecule has 2 heterocycles. The number of carboxylic acids is 1. The highest BCUT2D eigenvalue weighted by Crippen LogP contribution is 2.38. The summed E-state index contributed by atoms with van der Waals surface area (Å²) in [6, 6.07) is 17.2. The van der Waals surface area contributed by atoms with Crippen LogP contribution in [0.4, 0.5) is 11.5 Å². The molecule has 7 nitrogen and oxygen atoms in total. The van der Waals surface area contributed by atoms with Crippen LogP contribution in [0, 0.1) is 6.92 Å². The highest BCUT2D eigenvalue weighted by Gasteiger charge is 2.15. The van der Waals surface area contributed by atoms with Gasteiger partial charge in [-0.2, -0.15) is 4.37 Å². The Morgan fingerprint density at radius 3 is 2.79 bits per heavy atom. The Bertz CT molecular complexity index is 1410. The first-order valence-electron chi connectivity index (χ1n) is 10.9. The van der Waals surface area contributed by atoms with Gasteiger partial charge in [-0.1, -0.05) is 24.3 Å². The summed E-state index contributed by atoms with van der Waals surface area (Å²) < 4.78 is 17.0. The second-order valence-corrected chi connectivity index (χ2v) is 8.85. The summed E-state index contributed by atoms with van der Waals surface area (Å²) in [4.78, 5) is 15.1. The van der Waals surface area contributed by atoms with E-state index in [2.05, 4.69) is 27.7 Å². The Hall–Kier alpha value is -3.91. The quantitative estimate of drug-likeness (QED) is 0.350. The maximum absolute atomic E-state index is 11.0. The Balaban J connectivity index is 1.45. The van der Waals surface area contributed by atoms with Crippen LogP contribution < -0.4 is 14.8 Å². The molecule has 1 aromatic heterocycles. The van der Waals surface area contributed by atoms with Crippen LogP contribution in [0.3, 0.4) is 0 Å². The van der Waals surface area contributed by atoms with Crippen LogP contribution in [0.1, 0.15) is 18.1 Å². The second kappa shape index (κ2) is 9.15. The summed E-state index contributed by atoms with van der Waals surface area (Å²) in [6.07, 6.45) is 1.59. The van der Waals surface area contributed by atoms with E-state index >= 15 is 0 Å². The summed E-state index contributed by atoms with van der Waals surface area (Å²) in [5.74, 6) is 1.33. The lowest BCUT2D eigenvalue weighted by Crippen LogP contribution is -2.15. The third kappa shape index (κ3) is 4.32. The minimum Gasteiger partial charge on any atom is -0.486 e. The summed E-state index contributed by atoms with van der Waals surface area (Å²) in [5.41, 5.74) is 5.02. The van der Waals surface area contributed by atoms with E-state index in [1.165, 1.54) is 11.5 Å². The number of nitrogens with one attached hydrogen (secondary N) is 1. The molecule has 1 aliphatic rings. The van der Waals surface area contributed by atoms with Gasteiger partial charge in [0, 0.05) is 17.3 Å². The number of hydrogen-bond donors (Lipinski definition) is 2. The smallest absolute Gasteiger partial charge is 0.328 e. The number of ether oxygens (including phenoxy) is 2. The number of fused-ring (bicyclic) bond motifs is 2.